The topological polar surface area (TPSA) is 53.6 Å². The monoisotopic (exact) mass is 359 g/mol. The number of ether oxygens (including phenoxy) is 1. The van der Waals surface area contributed by atoms with Crippen molar-refractivity contribution in [3.63, 3.8) is 0 Å². The highest BCUT2D eigenvalue weighted by molar-refractivity contribution is 5.89. The van der Waals surface area contributed by atoms with Crippen molar-refractivity contribution < 1.29 is 9.53 Å². The van der Waals surface area contributed by atoms with E-state index in [1.165, 1.54) is 50.8 Å². The summed E-state index contributed by atoms with van der Waals surface area (Å²) in [6.07, 6.45) is 10.0. The number of carbonyl (C=O) groups excluding carboxylic acids is 1. The van der Waals surface area contributed by atoms with Gasteiger partial charge in [-0.2, -0.15) is 0 Å². The maximum atomic E-state index is 12.1. The molecular weight excluding hydrogens is 326 g/mol. The van der Waals surface area contributed by atoms with Crippen molar-refractivity contribution in [3.05, 3.63) is 29.8 Å². The summed E-state index contributed by atoms with van der Waals surface area (Å²) >= 11 is 0. The normalized spacial score (nSPS) is 20.8. The minimum Gasteiger partial charge on any atom is -0.378 e. The summed E-state index contributed by atoms with van der Waals surface area (Å²) in [6, 6.07) is 8.10. The minimum atomic E-state index is -0.114. The Hall–Kier alpha value is -1.59. The Morgan fingerprint density at radius 2 is 2.04 bits per heavy atom. The highest BCUT2D eigenvalue weighted by atomic mass is 16.5. The van der Waals surface area contributed by atoms with Gasteiger partial charge in [0, 0.05) is 25.4 Å². The first-order chi connectivity index (χ1) is 12.8. The SMILES string of the molecule is O=C(NCCCC[C@H]1CCCO1)Nc1cccc(CN2CCCCC2)c1. The van der Waals surface area contributed by atoms with E-state index in [0.717, 1.165) is 38.1 Å². The van der Waals surface area contributed by atoms with Crippen LogP contribution in [0.5, 0.6) is 0 Å². The lowest BCUT2D eigenvalue weighted by Gasteiger charge is -2.26. The summed E-state index contributed by atoms with van der Waals surface area (Å²) in [7, 11) is 0. The molecule has 5 heteroatoms. The number of piperidine rings is 1. The highest BCUT2D eigenvalue weighted by Gasteiger charge is 2.14. The van der Waals surface area contributed by atoms with Gasteiger partial charge in [-0.15, -0.1) is 0 Å². The number of likely N-dealkylation sites (tertiary alicyclic amines) is 1. The molecule has 144 valence electrons. The number of benzene rings is 1. The molecule has 2 amide bonds. The summed E-state index contributed by atoms with van der Waals surface area (Å²) in [4.78, 5) is 14.6. The summed E-state index contributed by atoms with van der Waals surface area (Å²) in [6.45, 7) is 4.97. The molecule has 2 fully saturated rings. The Bertz CT molecular complexity index is 552. The molecule has 0 aliphatic carbocycles. The van der Waals surface area contributed by atoms with Crippen LogP contribution in [0.2, 0.25) is 0 Å². The van der Waals surface area contributed by atoms with Crippen LogP contribution in [0, 0.1) is 0 Å². The molecule has 26 heavy (non-hydrogen) atoms. The number of carbonyl (C=O) groups is 1. The van der Waals surface area contributed by atoms with Crippen LogP contribution in [-0.4, -0.2) is 43.3 Å². The number of rotatable bonds is 8. The van der Waals surface area contributed by atoms with Gasteiger partial charge in [-0.25, -0.2) is 4.79 Å². The smallest absolute Gasteiger partial charge is 0.319 e. The van der Waals surface area contributed by atoms with Gasteiger partial charge >= 0.3 is 6.03 Å². The molecule has 3 rings (SSSR count). The van der Waals surface area contributed by atoms with Gasteiger partial charge in [0.1, 0.15) is 0 Å². The number of hydrogen-bond donors (Lipinski definition) is 2. The molecule has 2 saturated heterocycles. The largest absolute Gasteiger partial charge is 0.378 e. The third kappa shape index (κ3) is 6.61. The van der Waals surface area contributed by atoms with Gasteiger partial charge < -0.3 is 15.4 Å². The van der Waals surface area contributed by atoms with Crippen LogP contribution >= 0.6 is 0 Å². The Morgan fingerprint density at radius 3 is 2.85 bits per heavy atom. The van der Waals surface area contributed by atoms with Crippen LogP contribution < -0.4 is 10.6 Å². The summed E-state index contributed by atoms with van der Waals surface area (Å²) < 4.78 is 5.62. The number of nitrogens with one attached hydrogen (secondary N) is 2. The van der Waals surface area contributed by atoms with E-state index >= 15 is 0 Å². The summed E-state index contributed by atoms with van der Waals surface area (Å²) in [5.74, 6) is 0. The van der Waals surface area contributed by atoms with Gasteiger partial charge in [0.25, 0.3) is 0 Å². The molecule has 2 aliphatic heterocycles. The molecular formula is C21H33N3O2. The van der Waals surface area contributed by atoms with Crippen molar-refractivity contribution in [2.45, 2.75) is 64.0 Å². The van der Waals surface area contributed by atoms with Gasteiger partial charge in [0.2, 0.25) is 0 Å². The molecule has 5 nitrogen and oxygen atoms in total. The molecule has 0 bridgehead atoms. The fourth-order valence-corrected chi connectivity index (χ4v) is 3.87. The van der Waals surface area contributed by atoms with E-state index in [4.69, 9.17) is 4.74 Å². The average Bonchev–Trinajstić information content (AvgIpc) is 3.16. The lowest BCUT2D eigenvalue weighted by Crippen LogP contribution is -2.30. The zero-order chi connectivity index (χ0) is 18.0. The molecule has 1 atom stereocenters. The van der Waals surface area contributed by atoms with E-state index in [2.05, 4.69) is 27.7 Å². The third-order valence-electron chi connectivity index (χ3n) is 5.30. The van der Waals surface area contributed by atoms with Gasteiger partial charge in [0.05, 0.1) is 6.10 Å². The number of unbranched alkanes of at least 4 members (excludes halogenated alkanes) is 1. The van der Waals surface area contributed by atoms with E-state index in [1.54, 1.807) is 0 Å². The molecule has 0 radical (unpaired) electrons. The zero-order valence-electron chi connectivity index (χ0n) is 15.8. The van der Waals surface area contributed by atoms with E-state index in [1.807, 2.05) is 12.1 Å². The Balaban J connectivity index is 1.33. The van der Waals surface area contributed by atoms with Crippen LogP contribution in [-0.2, 0) is 11.3 Å². The van der Waals surface area contributed by atoms with Crippen LogP contribution in [0.25, 0.3) is 0 Å². The number of amides is 2. The first kappa shape index (κ1) is 19.2. The Kier molecular flexibility index (Phi) is 7.77. The first-order valence-corrected chi connectivity index (χ1v) is 10.3. The Morgan fingerprint density at radius 1 is 1.15 bits per heavy atom. The molecule has 0 saturated carbocycles. The van der Waals surface area contributed by atoms with Crippen molar-refractivity contribution in [2.24, 2.45) is 0 Å². The van der Waals surface area contributed by atoms with Crippen molar-refractivity contribution in [1.82, 2.24) is 10.2 Å². The fourth-order valence-electron chi connectivity index (χ4n) is 3.87. The third-order valence-corrected chi connectivity index (χ3v) is 5.30. The average molecular weight is 360 g/mol. The molecule has 2 aliphatic rings. The molecule has 1 aromatic carbocycles. The van der Waals surface area contributed by atoms with Gasteiger partial charge in [-0.05, 0) is 75.7 Å². The van der Waals surface area contributed by atoms with E-state index in [0.29, 0.717) is 12.6 Å². The van der Waals surface area contributed by atoms with Crippen LogP contribution in [0.4, 0.5) is 10.5 Å². The van der Waals surface area contributed by atoms with E-state index < -0.39 is 0 Å². The Labute approximate surface area is 157 Å². The molecule has 0 aromatic heterocycles. The lowest BCUT2D eigenvalue weighted by atomic mass is 10.1. The maximum absolute atomic E-state index is 12.1. The zero-order valence-corrected chi connectivity index (χ0v) is 15.8. The van der Waals surface area contributed by atoms with Crippen LogP contribution in [0.15, 0.2) is 24.3 Å². The summed E-state index contributed by atoms with van der Waals surface area (Å²) in [5, 5.41) is 5.91. The predicted octanol–water partition coefficient (Wildman–Crippen LogP) is 4.14. The van der Waals surface area contributed by atoms with Crippen LogP contribution in [0.1, 0.15) is 56.9 Å². The van der Waals surface area contributed by atoms with E-state index in [-0.39, 0.29) is 6.03 Å². The minimum absolute atomic E-state index is 0.114. The van der Waals surface area contributed by atoms with Crippen LogP contribution in [0.3, 0.4) is 0 Å². The fraction of sp³-hybridized carbons (Fsp3) is 0.667. The molecule has 0 unspecified atom stereocenters. The molecule has 2 N–H and O–H groups in total. The van der Waals surface area contributed by atoms with Crippen molar-refractivity contribution >= 4 is 11.7 Å². The second kappa shape index (κ2) is 10.5. The number of urea groups is 1. The lowest BCUT2D eigenvalue weighted by molar-refractivity contribution is 0.102. The second-order valence-electron chi connectivity index (χ2n) is 7.55. The number of hydrogen-bond acceptors (Lipinski definition) is 3. The van der Waals surface area contributed by atoms with Crippen molar-refractivity contribution in [3.8, 4) is 0 Å². The molecule has 2 heterocycles. The standard InChI is InChI=1S/C21H33N3O2/c25-21(22-12-3-2-10-20-11-7-15-26-20)23-19-9-6-8-18(16-19)17-24-13-4-1-5-14-24/h6,8-9,16,20H,1-5,7,10-15,17H2,(H2,22,23,25)/t20-/m0/s1. The number of nitrogens with zero attached hydrogens (tertiary/aromatic N) is 1. The van der Waals surface area contributed by atoms with Crippen molar-refractivity contribution in [1.29, 1.82) is 0 Å². The van der Waals surface area contributed by atoms with E-state index in [9.17, 15) is 4.79 Å². The summed E-state index contributed by atoms with van der Waals surface area (Å²) in [5.41, 5.74) is 2.14. The predicted molar refractivity (Wildman–Crippen MR) is 105 cm³/mol. The second-order valence-corrected chi connectivity index (χ2v) is 7.55. The number of anilines is 1. The van der Waals surface area contributed by atoms with Gasteiger partial charge in [0.15, 0.2) is 0 Å². The highest BCUT2D eigenvalue weighted by Crippen LogP contribution is 2.18. The molecule has 1 aromatic rings. The van der Waals surface area contributed by atoms with Gasteiger partial charge in [-0.3, -0.25) is 4.90 Å². The quantitative estimate of drug-likeness (QED) is 0.686. The molecule has 0 spiro atoms. The first-order valence-electron chi connectivity index (χ1n) is 10.3. The maximum Gasteiger partial charge on any atom is 0.319 e. The van der Waals surface area contributed by atoms with Crippen molar-refractivity contribution in [2.75, 3.05) is 31.6 Å². The van der Waals surface area contributed by atoms with Gasteiger partial charge in [-0.1, -0.05) is 18.6 Å².